The smallest absolute Gasteiger partial charge is 0.274 e. The molecule has 4 aromatic rings. The number of amides is 1. The molecule has 188 valence electrons. The van der Waals surface area contributed by atoms with Crippen molar-refractivity contribution in [3.63, 3.8) is 0 Å². The molecule has 1 aliphatic heterocycles. The van der Waals surface area contributed by atoms with Crippen LogP contribution in [0.1, 0.15) is 17.0 Å². The molecule has 0 saturated carbocycles. The Labute approximate surface area is 236 Å². The number of anilines is 1. The lowest BCUT2D eigenvalue weighted by molar-refractivity contribution is -0.111. The summed E-state index contributed by atoms with van der Waals surface area (Å²) in [5.41, 5.74) is 8.17. The van der Waals surface area contributed by atoms with Gasteiger partial charge in [-0.2, -0.15) is 5.26 Å². The fourth-order valence-corrected chi connectivity index (χ4v) is 5.75. The number of nitrogens with zero attached hydrogens (tertiary/aromatic N) is 2. The van der Waals surface area contributed by atoms with E-state index in [-0.39, 0.29) is 17.0 Å². The molecule has 6 nitrogen and oxygen atoms in total. The molecule has 38 heavy (non-hydrogen) atoms. The Morgan fingerprint density at radius 3 is 2.08 bits per heavy atom. The summed E-state index contributed by atoms with van der Waals surface area (Å²) in [7, 11) is 0. The van der Waals surface area contributed by atoms with Crippen LogP contribution in [-0.2, 0) is 4.79 Å². The molecule has 3 aromatic carbocycles. The minimum absolute atomic E-state index is 0.0255. The van der Waals surface area contributed by atoms with Gasteiger partial charge in [0, 0.05) is 20.8 Å². The van der Waals surface area contributed by atoms with Gasteiger partial charge in [0.25, 0.3) is 11.5 Å². The van der Waals surface area contributed by atoms with E-state index in [9.17, 15) is 14.9 Å². The molecule has 0 fully saturated rings. The number of benzene rings is 3. The number of nitrogens with one attached hydrogen (secondary N) is 1. The predicted octanol–water partition coefficient (Wildman–Crippen LogP) is 4.94. The average molecular weight is 580 g/mol. The summed E-state index contributed by atoms with van der Waals surface area (Å²) >= 11 is 19.2. The lowest BCUT2D eigenvalue weighted by Crippen LogP contribution is -2.40. The van der Waals surface area contributed by atoms with Crippen molar-refractivity contribution >= 4 is 75.2 Å². The van der Waals surface area contributed by atoms with Crippen LogP contribution in [0.15, 0.2) is 83.2 Å². The minimum atomic E-state index is -0.828. The first-order valence-corrected chi connectivity index (χ1v) is 13.2. The molecule has 0 radical (unpaired) electrons. The van der Waals surface area contributed by atoms with Gasteiger partial charge in [-0.3, -0.25) is 14.2 Å². The first-order valence-electron chi connectivity index (χ1n) is 11.2. The van der Waals surface area contributed by atoms with Gasteiger partial charge >= 0.3 is 0 Å². The number of rotatable bonds is 4. The van der Waals surface area contributed by atoms with Crippen molar-refractivity contribution in [1.82, 2.24) is 4.57 Å². The molecule has 10 heteroatoms. The molecule has 1 aliphatic rings. The first-order chi connectivity index (χ1) is 18.3. The van der Waals surface area contributed by atoms with Gasteiger partial charge in [-0.15, -0.1) is 11.3 Å². The molecule has 3 N–H and O–H groups in total. The molecular weight excluding hydrogens is 563 g/mol. The van der Waals surface area contributed by atoms with Crippen molar-refractivity contribution in [2.45, 2.75) is 5.92 Å². The number of hydrogen-bond acceptors (Lipinski definition) is 5. The normalized spacial score (nSPS) is 15.3. The fraction of sp³-hybridized carbons (Fsp3) is 0.0357. The van der Waals surface area contributed by atoms with E-state index in [0.29, 0.717) is 35.5 Å². The summed E-state index contributed by atoms with van der Waals surface area (Å²) in [5.74, 6) is -1.34. The summed E-state index contributed by atoms with van der Waals surface area (Å²) in [5, 5.41) is 14.6. The highest BCUT2D eigenvalue weighted by Crippen LogP contribution is 2.37. The highest BCUT2D eigenvalue weighted by Gasteiger charge is 2.35. The number of halogens is 3. The van der Waals surface area contributed by atoms with Crippen LogP contribution >= 0.6 is 46.1 Å². The van der Waals surface area contributed by atoms with Gasteiger partial charge in [0.1, 0.15) is 10.5 Å². The van der Waals surface area contributed by atoms with Crippen molar-refractivity contribution in [2.24, 2.45) is 5.73 Å². The van der Waals surface area contributed by atoms with Gasteiger partial charge < -0.3 is 11.1 Å². The second-order valence-electron chi connectivity index (χ2n) is 8.38. The van der Waals surface area contributed by atoms with Crippen molar-refractivity contribution in [1.29, 1.82) is 5.26 Å². The van der Waals surface area contributed by atoms with Crippen molar-refractivity contribution < 1.29 is 4.79 Å². The molecule has 1 amide bonds. The third kappa shape index (κ3) is 4.87. The van der Waals surface area contributed by atoms with E-state index < -0.39 is 17.4 Å². The Bertz CT molecular complexity index is 1820. The van der Waals surface area contributed by atoms with Crippen LogP contribution in [0.4, 0.5) is 5.69 Å². The number of nitrogens with two attached hydrogens (primary N) is 1. The molecule has 0 spiro atoms. The Balaban J connectivity index is 1.79. The predicted molar refractivity (Wildman–Crippen MR) is 154 cm³/mol. The maximum atomic E-state index is 13.8. The molecule has 1 aromatic heterocycles. The van der Waals surface area contributed by atoms with E-state index in [1.54, 1.807) is 78.9 Å². The molecule has 0 bridgehead atoms. The van der Waals surface area contributed by atoms with Crippen LogP contribution in [0.25, 0.3) is 17.5 Å². The molecule has 2 heterocycles. The van der Waals surface area contributed by atoms with E-state index in [4.69, 9.17) is 40.5 Å². The number of aromatic nitrogens is 1. The van der Waals surface area contributed by atoms with E-state index in [1.165, 1.54) is 4.57 Å². The largest absolute Gasteiger partial charge is 0.384 e. The number of fused-ring (bicyclic) bond motifs is 1. The quantitative estimate of drug-likeness (QED) is 0.358. The molecule has 1 unspecified atom stereocenters. The SMILES string of the molecule is N#CC1=C(N)n2c(s/c(=C\c3ccc(Cl)cc3)c2=O)=C(C(=O)Nc2ccc(Cl)cc2)C1c1ccc(Cl)cc1. The van der Waals surface area contributed by atoms with Crippen molar-refractivity contribution in [3.05, 3.63) is 124 Å². The van der Waals surface area contributed by atoms with E-state index in [1.807, 2.05) is 0 Å². The number of nitriles is 1. The van der Waals surface area contributed by atoms with Crippen LogP contribution in [0.2, 0.25) is 15.1 Å². The number of carbonyl (C=O) groups excluding carboxylic acids is 1. The second-order valence-corrected chi connectivity index (χ2v) is 10.7. The topological polar surface area (TPSA) is 101 Å². The molecular formula is C28H17Cl3N4O2S. The van der Waals surface area contributed by atoms with Gasteiger partial charge in [0.15, 0.2) is 0 Å². The zero-order valence-electron chi connectivity index (χ0n) is 19.4. The third-order valence-corrected chi connectivity index (χ3v) is 7.85. The number of hydrogen-bond donors (Lipinski definition) is 2. The maximum absolute atomic E-state index is 13.8. The number of carbonyl (C=O) groups is 1. The zero-order valence-corrected chi connectivity index (χ0v) is 22.5. The Morgan fingerprint density at radius 1 is 0.947 bits per heavy atom. The average Bonchev–Trinajstić information content (AvgIpc) is 3.22. The maximum Gasteiger partial charge on any atom is 0.274 e. The lowest BCUT2D eigenvalue weighted by atomic mass is 9.83. The molecule has 5 rings (SSSR count). The minimum Gasteiger partial charge on any atom is -0.384 e. The monoisotopic (exact) mass is 578 g/mol. The summed E-state index contributed by atoms with van der Waals surface area (Å²) in [6.45, 7) is 0. The fourth-order valence-electron chi connectivity index (χ4n) is 4.20. The summed E-state index contributed by atoms with van der Waals surface area (Å²) in [6, 6.07) is 22.6. The van der Waals surface area contributed by atoms with Crippen molar-refractivity contribution in [2.75, 3.05) is 5.32 Å². The second kappa shape index (κ2) is 10.5. The Kier molecular flexibility index (Phi) is 7.15. The first kappa shape index (κ1) is 25.8. The molecule has 0 saturated heterocycles. The third-order valence-electron chi connectivity index (χ3n) is 5.99. The van der Waals surface area contributed by atoms with Gasteiger partial charge in [-0.25, -0.2) is 0 Å². The van der Waals surface area contributed by atoms with E-state index in [0.717, 1.165) is 16.9 Å². The van der Waals surface area contributed by atoms with E-state index in [2.05, 4.69) is 11.4 Å². The van der Waals surface area contributed by atoms with Gasteiger partial charge in [0.05, 0.1) is 27.7 Å². The van der Waals surface area contributed by atoms with Crippen LogP contribution in [-0.4, -0.2) is 10.5 Å². The highest BCUT2D eigenvalue weighted by molar-refractivity contribution is 7.07. The van der Waals surface area contributed by atoms with Crippen LogP contribution < -0.4 is 25.8 Å². The van der Waals surface area contributed by atoms with Gasteiger partial charge in [0.2, 0.25) is 0 Å². The Hall–Kier alpha value is -3.80. The zero-order chi connectivity index (χ0) is 27.0. The van der Waals surface area contributed by atoms with Crippen molar-refractivity contribution in [3.8, 4) is 6.07 Å². The number of allylic oxidation sites excluding steroid dienone is 1. The van der Waals surface area contributed by atoms with Crippen LogP contribution in [0.3, 0.4) is 0 Å². The molecule has 1 atom stereocenters. The van der Waals surface area contributed by atoms with Gasteiger partial charge in [-0.1, -0.05) is 59.1 Å². The lowest BCUT2D eigenvalue weighted by Gasteiger charge is -2.25. The Morgan fingerprint density at radius 2 is 1.50 bits per heavy atom. The van der Waals surface area contributed by atoms with Gasteiger partial charge in [-0.05, 0) is 65.7 Å². The van der Waals surface area contributed by atoms with Crippen LogP contribution in [0.5, 0.6) is 0 Å². The highest BCUT2D eigenvalue weighted by atomic mass is 35.5. The summed E-state index contributed by atoms with van der Waals surface area (Å²) < 4.78 is 1.91. The molecule has 0 aliphatic carbocycles. The number of thiazole rings is 1. The standard InChI is InChI=1S/C28H17Cl3N4O2S/c29-17-5-1-15(2-6-17)13-22-27(37)35-25(33)21(14-32)23(16-3-7-18(30)8-4-16)24(28(35)38-22)26(36)34-20-11-9-19(31)10-12-20/h1-13,23H,33H2,(H,34,36)/b22-13-. The van der Waals surface area contributed by atoms with E-state index >= 15 is 0 Å². The van der Waals surface area contributed by atoms with Crippen LogP contribution in [0, 0.1) is 11.3 Å². The summed E-state index contributed by atoms with van der Waals surface area (Å²) in [4.78, 5) is 27.4. The summed E-state index contributed by atoms with van der Waals surface area (Å²) in [6.07, 6.45) is 1.69.